The number of rotatable bonds is 5. The predicted octanol–water partition coefficient (Wildman–Crippen LogP) is 5.01. The normalized spacial score (nSPS) is 12.4. The lowest BCUT2D eigenvalue weighted by molar-refractivity contribution is 0.0975. The van der Waals surface area contributed by atoms with E-state index in [2.05, 4.69) is 10.1 Å². The van der Waals surface area contributed by atoms with E-state index in [4.69, 9.17) is 25.6 Å². The van der Waals surface area contributed by atoms with Gasteiger partial charge < -0.3 is 14.0 Å². The van der Waals surface area contributed by atoms with Crippen molar-refractivity contribution in [2.45, 2.75) is 6.54 Å². The standard InChI is InChI=1S/C24H18ClN3O4/c25-18-6-2-1-5-17(18)15-28(23-7-3-4-10-26-23)24(29)19-14-21(32-27-19)16-8-9-20-22(13-16)31-12-11-30-20/h1-10,13-14H,11-12,15H2. The molecule has 0 saturated heterocycles. The second kappa shape index (κ2) is 8.72. The van der Waals surface area contributed by atoms with Gasteiger partial charge in [-0.1, -0.05) is 41.0 Å². The maximum Gasteiger partial charge on any atom is 0.281 e. The first-order chi connectivity index (χ1) is 15.7. The van der Waals surface area contributed by atoms with E-state index >= 15 is 0 Å². The third kappa shape index (κ3) is 4.02. The molecule has 0 aliphatic carbocycles. The van der Waals surface area contributed by atoms with Crippen LogP contribution in [0.2, 0.25) is 5.02 Å². The van der Waals surface area contributed by atoms with Crippen molar-refractivity contribution in [2.24, 2.45) is 0 Å². The first-order valence-corrected chi connectivity index (χ1v) is 10.4. The van der Waals surface area contributed by atoms with Gasteiger partial charge >= 0.3 is 0 Å². The fourth-order valence-corrected chi connectivity index (χ4v) is 3.61. The molecule has 0 unspecified atom stereocenters. The molecule has 0 atom stereocenters. The Morgan fingerprint density at radius 3 is 2.59 bits per heavy atom. The van der Waals surface area contributed by atoms with Crippen molar-refractivity contribution < 1.29 is 18.8 Å². The van der Waals surface area contributed by atoms with Gasteiger partial charge in [-0.3, -0.25) is 9.69 Å². The third-order valence-electron chi connectivity index (χ3n) is 5.01. The number of carbonyl (C=O) groups excluding carboxylic acids is 1. The molecule has 1 aliphatic rings. The summed E-state index contributed by atoms with van der Waals surface area (Å²) in [7, 11) is 0. The molecule has 2 aromatic heterocycles. The lowest BCUT2D eigenvalue weighted by atomic mass is 10.1. The van der Waals surface area contributed by atoms with Gasteiger partial charge in [-0.05, 0) is 42.0 Å². The Morgan fingerprint density at radius 1 is 0.969 bits per heavy atom. The molecule has 1 aliphatic heterocycles. The second-order valence-electron chi connectivity index (χ2n) is 7.11. The molecule has 0 spiro atoms. The summed E-state index contributed by atoms with van der Waals surface area (Å²) in [4.78, 5) is 19.3. The van der Waals surface area contributed by atoms with Gasteiger partial charge in [0.25, 0.3) is 5.91 Å². The number of anilines is 1. The molecule has 4 aromatic rings. The number of nitrogens with zero attached hydrogens (tertiary/aromatic N) is 3. The molecule has 7 nitrogen and oxygen atoms in total. The molecule has 160 valence electrons. The smallest absolute Gasteiger partial charge is 0.281 e. The molecular formula is C24H18ClN3O4. The Kier molecular flexibility index (Phi) is 5.47. The second-order valence-corrected chi connectivity index (χ2v) is 7.51. The molecular weight excluding hydrogens is 430 g/mol. The fourth-order valence-electron chi connectivity index (χ4n) is 3.41. The van der Waals surface area contributed by atoms with E-state index in [0.29, 0.717) is 41.3 Å². The van der Waals surface area contributed by atoms with E-state index in [1.54, 1.807) is 30.5 Å². The minimum atomic E-state index is -0.351. The summed E-state index contributed by atoms with van der Waals surface area (Å²) in [6.45, 7) is 1.24. The number of ether oxygens (including phenoxy) is 2. The highest BCUT2D eigenvalue weighted by Gasteiger charge is 2.24. The van der Waals surface area contributed by atoms with Gasteiger partial charge in [0, 0.05) is 22.8 Å². The molecule has 2 aromatic carbocycles. The number of aromatic nitrogens is 2. The average molecular weight is 448 g/mol. The number of pyridine rings is 1. The van der Waals surface area contributed by atoms with Crippen molar-refractivity contribution in [3.63, 3.8) is 0 Å². The molecule has 8 heteroatoms. The number of carbonyl (C=O) groups is 1. The molecule has 1 amide bonds. The molecule has 32 heavy (non-hydrogen) atoms. The molecule has 0 saturated carbocycles. The van der Waals surface area contributed by atoms with Crippen LogP contribution in [0, 0.1) is 0 Å². The van der Waals surface area contributed by atoms with Crippen LogP contribution in [0.5, 0.6) is 11.5 Å². The van der Waals surface area contributed by atoms with Crippen LogP contribution in [0.4, 0.5) is 5.82 Å². The Bertz CT molecular complexity index is 1260. The van der Waals surface area contributed by atoms with Gasteiger partial charge in [-0.25, -0.2) is 4.98 Å². The Hall–Kier alpha value is -3.84. The SMILES string of the molecule is O=C(c1cc(-c2ccc3c(c2)OCCO3)on1)N(Cc1ccccc1Cl)c1ccccn1. The summed E-state index contributed by atoms with van der Waals surface area (Å²) in [5.41, 5.74) is 1.69. The number of hydrogen-bond donors (Lipinski definition) is 0. The summed E-state index contributed by atoms with van der Waals surface area (Å²) in [6, 6.07) is 19.8. The summed E-state index contributed by atoms with van der Waals surface area (Å²) in [5, 5.41) is 4.58. The number of amides is 1. The first-order valence-electron chi connectivity index (χ1n) is 10.0. The van der Waals surface area contributed by atoms with Crippen molar-refractivity contribution in [3.05, 3.63) is 89.2 Å². The summed E-state index contributed by atoms with van der Waals surface area (Å²) in [6.07, 6.45) is 1.63. The van der Waals surface area contributed by atoms with Crippen LogP contribution >= 0.6 is 11.6 Å². The minimum Gasteiger partial charge on any atom is -0.486 e. The van der Waals surface area contributed by atoms with Crippen molar-refractivity contribution in [1.29, 1.82) is 0 Å². The molecule has 0 fully saturated rings. The molecule has 3 heterocycles. The van der Waals surface area contributed by atoms with E-state index in [-0.39, 0.29) is 18.1 Å². The first kappa shape index (κ1) is 20.1. The lowest BCUT2D eigenvalue weighted by Crippen LogP contribution is -2.31. The molecule has 5 rings (SSSR count). The van der Waals surface area contributed by atoms with E-state index in [1.807, 2.05) is 42.5 Å². The largest absolute Gasteiger partial charge is 0.486 e. The van der Waals surface area contributed by atoms with E-state index in [1.165, 1.54) is 4.90 Å². The highest BCUT2D eigenvalue weighted by molar-refractivity contribution is 6.31. The van der Waals surface area contributed by atoms with Gasteiger partial charge in [0.05, 0.1) is 6.54 Å². The molecule has 0 bridgehead atoms. The van der Waals surface area contributed by atoms with Gasteiger partial charge in [0.1, 0.15) is 19.0 Å². The zero-order valence-corrected chi connectivity index (χ0v) is 17.7. The number of halogens is 1. The van der Waals surface area contributed by atoms with Crippen LogP contribution in [-0.2, 0) is 6.54 Å². The fraction of sp³-hybridized carbons (Fsp3) is 0.125. The summed E-state index contributed by atoms with van der Waals surface area (Å²) >= 11 is 6.33. The van der Waals surface area contributed by atoms with Crippen LogP contribution in [0.3, 0.4) is 0 Å². The van der Waals surface area contributed by atoms with Crippen molar-refractivity contribution in [1.82, 2.24) is 10.1 Å². The van der Waals surface area contributed by atoms with E-state index in [9.17, 15) is 4.79 Å². The topological polar surface area (TPSA) is 77.7 Å². The van der Waals surface area contributed by atoms with Crippen LogP contribution < -0.4 is 14.4 Å². The highest BCUT2D eigenvalue weighted by Crippen LogP contribution is 2.35. The van der Waals surface area contributed by atoms with Gasteiger partial charge in [0.15, 0.2) is 23.0 Å². The maximum atomic E-state index is 13.4. The van der Waals surface area contributed by atoms with Crippen LogP contribution in [0.15, 0.2) is 77.4 Å². The molecule has 0 N–H and O–H groups in total. The monoisotopic (exact) mass is 447 g/mol. The molecule has 0 radical (unpaired) electrons. The van der Waals surface area contributed by atoms with Crippen molar-refractivity contribution in [2.75, 3.05) is 18.1 Å². The Morgan fingerprint density at radius 2 is 1.78 bits per heavy atom. The van der Waals surface area contributed by atoms with Crippen molar-refractivity contribution >= 4 is 23.3 Å². The summed E-state index contributed by atoms with van der Waals surface area (Å²) < 4.78 is 16.7. The van der Waals surface area contributed by atoms with E-state index < -0.39 is 0 Å². The number of fused-ring (bicyclic) bond motifs is 1. The van der Waals surface area contributed by atoms with Crippen LogP contribution in [0.25, 0.3) is 11.3 Å². The van der Waals surface area contributed by atoms with Crippen molar-refractivity contribution in [3.8, 4) is 22.8 Å². The quantitative estimate of drug-likeness (QED) is 0.428. The maximum absolute atomic E-state index is 13.4. The number of benzene rings is 2. The predicted molar refractivity (Wildman–Crippen MR) is 119 cm³/mol. The van der Waals surface area contributed by atoms with Crippen LogP contribution in [0.1, 0.15) is 16.1 Å². The lowest BCUT2D eigenvalue weighted by Gasteiger charge is -2.21. The number of hydrogen-bond acceptors (Lipinski definition) is 6. The van der Waals surface area contributed by atoms with Gasteiger partial charge in [-0.2, -0.15) is 0 Å². The highest BCUT2D eigenvalue weighted by atomic mass is 35.5. The Labute approximate surface area is 189 Å². The minimum absolute atomic E-state index is 0.160. The third-order valence-corrected chi connectivity index (χ3v) is 5.38. The van der Waals surface area contributed by atoms with Gasteiger partial charge in [0.2, 0.25) is 0 Å². The van der Waals surface area contributed by atoms with Crippen LogP contribution in [-0.4, -0.2) is 29.3 Å². The zero-order chi connectivity index (χ0) is 21.9. The summed E-state index contributed by atoms with van der Waals surface area (Å²) in [5.74, 6) is 1.89. The average Bonchev–Trinajstić information content (AvgIpc) is 3.34. The zero-order valence-electron chi connectivity index (χ0n) is 16.9. The van der Waals surface area contributed by atoms with Gasteiger partial charge in [-0.15, -0.1) is 0 Å². The Balaban J connectivity index is 1.46. The van der Waals surface area contributed by atoms with E-state index in [0.717, 1.165) is 11.1 Å².